The molecule has 3 N–H and O–H groups in total. The van der Waals surface area contributed by atoms with Crippen LogP contribution in [0, 0.1) is 5.92 Å². The van der Waals surface area contributed by atoms with Gasteiger partial charge in [0, 0.05) is 5.54 Å². The molecular weight excluding hydrogens is 128 g/mol. The van der Waals surface area contributed by atoms with Crippen molar-refractivity contribution in [3.8, 4) is 0 Å². The second-order valence-electron chi connectivity index (χ2n) is 3.65. The smallest absolute Gasteiger partial charge is 0.234 e. The Morgan fingerprint density at radius 1 is 1.80 bits per heavy atom. The molecule has 0 aromatic carbocycles. The van der Waals surface area contributed by atoms with Gasteiger partial charge in [0.25, 0.3) is 0 Å². The van der Waals surface area contributed by atoms with Crippen LogP contribution in [0.25, 0.3) is 0 Å². The Bertz CT molecular complexity index is 192. The molecule has 0 aromatic rings. The zero-order valence-electron chi connectivity index (χ0n) is 6.05. The van der Waals surface area contributed by atoms with E-state index in [1.807, 2.05) is 0 Å². The minimum absolute atomic E-state index is 0.0521. The third kappa shape index (κ3) is 0.669. The van der Waals surface area contributed by atoms with Crippen molar-refractivity contribution < 1.29 is 4.79 Å². The van der Waals surface area contributed by atoms with Gasteiger partial charge in [0.05, 0.1) is 6.04 Å². The van der Waals surface area contributed by atoms with Crippen molar-refractivity contribution >= 4 is 5.91 Å². The predicted octanol–water partition coefficient (Wildman–Crippen LogP) is -0.388. The number of carbonyl (C=O) groups is 1. The van der Waals surface area contributed by atoms with Crippen molar-refractivity contribution in [1.29, 1.82) is 0 Å². The molecule has 3 nitrogen and oxygen atoms in total. The van der Waals surface area contributed by atoms with Crippen LogP contribution in [-0.2, 0) is 4.79 Å². The van der Waals surface area contributed by atoms with E-state index in [0.29, 0.717) is 5.92 Å². The van der Waals surface area contributed by atoms with E-state index in [1.54, 1.807) is 0 Å². The second-order valence-corrected chi connectivity index (χ2v) is 3.65. The van der Waals surface area contributed by atoms with Crippen molar-refractivity contribution in [2.45, 2.75) is 31.3 Å². The molecule has 3 heteroatoms. The minimum Gasteiger partial charge on any atom is -0.368 e. The highest BCUT2D eigenvalue weighted by Gasteiger charge is 2.57. The number of piperidine rings is 1. The van der Waals surface area contributed by atoms with E-state index < -0.39 is 0 Å². The summed E-state index contributed by atoms with van der Waals surface area (Å²) in [6.07, 6.45) is 2.17. The SMILES string of the molecule is CC12CC1CC(C(N)=O)N2. The first-order valence-electron chi connectivity index (χ1n) is 3.69. The van der Waals surface area contributed by atoms with Crippen LogP contribution in [0.2, 0.25) is 0 Å². The maximum atomic E-state index is 10.7. The highest BCUT2D eigenvalue weighted by atomic mass is 16.1. The van der Waals surface area contributed by atoms with Gasteiger partial charge in [-0.1, -0.05) is 0 Å². The summed E-state index contributed by atoms with van der Waals surface area (Å²) in [4.78, 5) is 10.7. The lowest BCUT2D eigenvalue weighted by molar-refractivity contribution is -0.120. The fourth-order valence-electron chi connectivity index (χ4n) is 1.90. The number of hydrogen-bond acceptors (Lipinski definition) is 2. The Labute approximate surface area is 60.0 Å². The third-order valence-electron chi connectivity index (χ3n) is 2.78. The molecule has 0 aromatic heterocycles. The number of amides is 1. The van der Waals surface area contributed by atoms with Crippen molar-refractivity contribution in [3.05, 3.63) is 0 Å². The first kappa shape index (κ1) is 6.16. The summed E-state index contributed by atoms with van der Waals surface area (Å²) < 4.78 is 0. The maximum absolute atomic E-state index is 10.7. The zero-order chi connectivity index (χ0) is 7.35. The second kappa shape index (κ2) is 1.53. The van der Waals surface area contributed by atoms with Crippen molar-refractivity contribution in [3.63, 3.8) is 0 Å². The molecule has 1 heterocycles. The summed E-state index contributed by atoms with van der Waals surface area (Å²) in [5.41, 5.74) is 5.40. The molecule has 1 aliphatic carbocycles. The molecule has 1 saturated carbocycles. The monoisotopic (exact) mass is 140 g/mol. The summed E-state index contributed by atoms with van der Waals surface area (Å²) in [6.45, 7) is 2.15. The van der Waals surface area contributed by atoms with E-state index in [0.717, 1.165) is 6.42 Å². The predicted molar refractivity (Wildman–Crippen MR) is 37.2 cm³/mol. The summed E-state index contributed by atoms with van der Waals surface area (Å²) in [7, 11) is 0. The van der Waals surface area contributed by atoms with E-state index in [1.165, 1.54) is 6.42 Å². The van der Waals surface area contributed by atoms with Gasteiger partial charge in [-0.05, 0) is 25.7 Å². The van der Waals surface area contributed by atoms with Gasteiger partial charge in [0.2, 0.25) is 5.91 Å². The van der Waals surface area contributed by atoms with E-state index in [-0.39, 0.29) is 17.5 Å². The van der Waals surface area contributed by atoms with E-state index in [4.69, 9.17) is 5.73 Å². The largest absolute Gasteiger partial charge is 0.368 e. The Balaban J connectivity index is 2.04. The Kier molecular flexibility index (Phi) is 0.944. The Morgan fingerprint density at radius 2 is 2.50 bits per heavy atom. The van der Waals surface area contributed by atoms with Crippen LogP contribution in [0.1, 0.15) is 19.8 Å². The average Bonchev–Trinajstić information content (AvgIpc) is 2.32. The molecule has 0 spiro atoms. The quantitative estimate of drug-likeness (QED) is 0.521. The molecule has 1 aliphatic heterocycles. The van der Waals surface area contributed by atoms with Crippen LogP contribution >= 0.6 is 0 Å². The van der Waals surface area contributed by atoms with Crippen molar-refractivity contribution in [2.75, 3.05) is 0 Å². The van der Waals surface area contributed by atoms with E-state index >= 15 is 0 Å². The molecule has 3 unspecified atom stereocenters. The van der Waals surface area contributed by atoms with Crippen LogP contribution in [0.15, 0.2) is 0 Å². The number of carbonyl (C=O) groups excluding carboxylic acids is 1. The molecule has 2 fully saturated rings. The number of primary amides is 1. The van der Waals surface area contributed by atoms with Crippen molar-refractivity contribution in [2.24, 2.45) is 11.7 Å². The van der Waals surface area contributed by atoms with Gasteiger partial charge in [-0.2, -0.15) is 0 Å². The van der Waals surface area contributed by atoms with E-state index in [2.05, 4.69) is 12.2 Å². The molecule has 3 atom stereocenters. The van der Waals surface area contributed by atoms with E-state index in [9.17, 15) is 4.79 Å². The minimum atomic E-state index is -0.201. The molecule has 56 valence electrons. The Hall–Kier alpha value is -0.570. The van der Waals surface area contributed by atoms with Gasteiger partial charge in [0.15, 0.2) is 0 Å². The molecule has 10 heavy (non-hydrogen) atoms. The fraction of sp³-hybridized carbons (Fsp3) is 0.857. The lowest BCUT2D eigenvalue weighted by Crippen LogP contribution is -2.42. The summed E-state index contributed by atoms with van der Waals surface area (Å²) in [5, 5.41) is 3.23. The van der Waals surface area contributed by atoms with Gasteiger partial charge in [-0.25, -0.2) is 0 Å². The van der Waals surface area contributed by atoms with Gasteiger partial charge in [-0.15, -0.1) is 0 Å². The molecule has 2 rings (SSSR count). The summed E-state index contributed by atoms with van der Waals surface area (Å²) in [5.74, 6) is 0.512. The highest BCUT2D eigenvalue weighted by molar-refractivity contribution is 5.80. The number of nitrogens with two attached hydrogens (primary N) is 1. The van der Waals surface area contributed by atoms with Crippen LogP contribution in [-0.4, -0.2) is 17.5 Å². The van der Waals surface area contributed by atoms with Crippen LogP contribution in [0.5, 0.6) is 0 Å². The molecular formula is C7H12N2O. The number of rotatable bonds is 1. The summed E-state index contributed by atoms with van der Waals surface area (Å²) in [6, 6.07) is -0.0521. The fourth-order valence-corrected chi connectivity index (χ4v) is 1.90. The number of hydrogen-bond donors (Lipinski definition) is 2. The van der Waals surface area contributed by atoms with Crippen molar-refractivity contribution in [1.82, 2.24) is 5.32 Å². The first-order valence-corrected chi connectivity index (χ1v) is 3.69. The highest BCUT2D eigenvalue weighted by Crippen LogP contribution is 2.51. The topological polar surface area (TPSA) is 55.1 Å². The number of fused-ring (bicyclic) bond motifs is 1. The van der Waals surface area contributed by atoms with Gasteiger partial charge in [0.1, 0.15) is 0 Å². The molecule has 1 saturated heterocycles. The molecule has 0 bridgehead atoms. The van der Waals surface area contributed by atoms with Gasteiger partial charge >= 0.3 is 0 Å². The van der Waals surface area contributed by atoms with Crippen LogP contribution < -0.4 is 11.1 Å². The standard InChI is InChI=1S/C7H12N2O/c1-7-3-4(7)2-5(9-7)6(8)10/h4-5,9H,2-3H2,1H3,(H2,8,10). The first-order chi connectivity index (χ1) is 4.62. The number of nitrogens with one attached hydrogen (secondary N) is 1. The molecule has 2 aliphatic rings. The normalized spacial score (nSPS) is 50.5. The van der Waals surface area contributed by atoms with Crippen LogP contribution in [0.4, 0.5) is 0 Å². The lowest BCUT2D eigenvalue weighted by Gasteiger charge is -2.11. The summed E-state index contributed by atoms with van der Waals surface area (Å²) >= 11 is 0. The molecule has 0 radical (unpaired) electrons. The lowest BCUT2D eigenvalue weighted by atomic mass is 10.2. The van der Waals surface area contributed by atoms with Crippen LogP contribution in [0.3, 0.4) is 0 Å². The average molecular weight is 140 g/mol. The van der Waals surface area contributed by atoms with Gasteiger partial charge in [-0.3, -0.25) is 4.79 Å². The maximum Gasteiger partial charge on any atom is 0.234 e. The Morgan fingerprint density at radius 3 is 2.80 bits per heavy atom. The third-order valence-corrected chi connectivity index (χ3v) is 2.78. The zero-order valence-corrected chi connectivity index (χ0v) is 6.05. The van der Waals surface area contributed by atoms with Gasteiger partial charge < -0.3 is 11.1 Å². The molecule has 1 amide bonds.